The van der Waals surface area contributed by atoms with Crippen LogP contribution in [0.3, 0.4) is 0 Å². The van der Waals surface area contributed by atoms with E-state index in [0.717, 1.165) is 101 Å². The lowest BCUT2D eigenvalue weighted by Gasteiger charge is -2.36. The van der Waals surface area contributed by atoms with Crippen LogP contribution in [-0.4, -0.2) is 94.1 Å². The van der Waals surface area contributed by atoms with Gasteiger partial charge in [0.1, 0.15) is 34.2 Å². The summed E-state index contributed by atoms with van der Waals surface area (Å²) < 4.78 is 35.5. The van der Waals surface area contributed by atoms with E-state index in [1.54, 1.807) is 64.8 Å². The van der Waals surface area contributed by atoms with Gasteiger partial charge >= 0.3 is 0 Å². The molecule has 5 amide bonds. The minimum atomic E-state index is -0.865. The lowest BCUT2D eigenvalue weighted by atomic mass is 9.80. The molecule has 0 bridgehead atoms. The van der Waals surface area contributed by atoms with Crippen LogP contribution in [0.15, 0.2) is 194 Å². The van der Waals surface area contributed by atoms with Gasteiger partial charge < -0.3 is 39.5 Å². The van der Waals surface area contributed by atoms with E-state index in [0.29, 0.717) is 66.4 Å². The maximum Gasteiger partial charge on any atom is 0.261 e. The molecule has 15 nitrogen and oxygen atoms in total. The first-order chi connectivity index (χ1) is 42.3. The van der Waals surface area contributed by atoms with Gasteiger partial charge in [0.2, 0.25) is 5.91 Å². The van der Waals surface area contributed by atoms with E-state index < -0.39 is 11.2 Å². The normalized spacial score (nSPS) is 12.7. The highest BCUT2D eigenvalue weighted by molar-refractivity contribution is 6.22. The average Bonchev–Trinajstić information content (AvgIpc) is 2.00. The predicted octanol–water partition coefficient (Wildman–Crippen LogP) is 13.3. The van der Waals surface area contributed by atoms with Gasteiger partial charge in [-0.3, -0.25) is 33.8 Å². The molecule has 8 aromatic carbocycles. The van der Waals surface area contributed by atoms with Crippen LogP contribution in [0.5, 0.6) is 23.0 Å². The molecule has 0 fully saturated rings. The van der Waals surface area contributed by atoms with E-state index in [1.807, 2.05) is 133 Å². The van der Waals surface area contributed by atoms with Gasteiger partial charge in [0.15, 0.2) is 0 Å². The molecule has 3 N–H and O–H groups in total. The summed E-state index contributed by atoms with van der Waals surface area (Å²) in [5, 5.41) is 2.66. The van der Waals surface area contributed by atoms with Crippen molar-refractivity contribution in [3.05, 3.63) is 250 Å². The summed E-state index contributed by atoms with van der Waals surface area (Å²) in [6, 6.07) is 62.0. The van der Waals surface area contributed by atoms with E-state index in [4.69, 9.17) is 34.2 Å². The molecule has 2 aliphatic heterocycles. The first kappa shape index (κ1) is 62.0. The summed E-state index contributed by atoms with van der Waals surface area (Å²) in [6.45, 7) is 3.13. The first-order valence-corrected chi connectivity index (χ1v) is 29.4. The van der Waals surface area contributed by atoms with Gasteiger partial charge in [0, 0.05) is 44.6 Å². The topological polar surface area (TPSA) is 185 Å². The molecule has 15 heteroatoms. The van der Waals surface area contributed by atoms with Crippen molar-refractivity contribution in [1.29, 1.82) is 0 Å². The molecule has 8 aromatic rings. The molecule has 448 valence electrons. The zero-order chi connectivity index (χ0) is 61.3. The van der Waals surface area contributed by atoms with Crippen LogP contribution in [0.1, 0.15) is 133 Å². The number of imide groups is 2. The summed E-state index contributed by atoms with van der Waals surface area (Å²) in [6.07, 6.45) is 6.48. The molecule has 0 unspecified atom stereocenters. The number of nitrogen functional groups attached to an aromatic ring is 1. The highest BCUT2D eigenvalue weighted by Crippen LogP contribution is 2.44. The number of benzene rings is 8. The van der Waals surface area contributed by atoms with Crippen molar-refractivity contribution in [2.75, 3.05) is 65.8 Å². The summed E-state index contributed by atoms with van der Waals surface area (Å²) in [5.41, 5.74) is 12.6. The highest BCUT2D eigenvalue weighted by Gasteiger charge is 2.40. The largest absolute Gasteiger partial charge is 0.497 e. The Morgan fingerprint density at radius 3 is 1.07 bits per heavy atom. The Morgan fingerprint density at radius 1 is 0.391 bits per heavy atom. The number of amides is 5. The number of carbonyl (C=O) groups is 5. The summed E-state index contributed by atoms with van der Waals surface area (Å²) in [5.74, 6) is 1.72. The molecule has 0 spiro atoms. The number of nitrogens with one attached hydrogen (secondary N) is 1. The van der Waals surface area contributed by atoms with Crippen molar-refractivity contribution in [2.24, 2.45) is 0 Å². The van der Waals surface area contributed by atoms with Crippen molar-refractivity contribution in [2.45, 2.75) is 69.5 Å². The molecule has 0 saturated carbocycles. The fourth-order valence-electron chi connectivity index (χ4n) is 11.3. The third-order valence-electron chi connectivity index (χ3n) is 15.8. The highest BCUT2D eigenvalue weighted by atomic mass is 16.5. The molecule has 2 aliphatic rings. The minimum absolute atomic E-state index is 0.235. The number of anilines is 2. The Bertz CT molecular complexity index is 3540. The van der Waals surface area contributed by atoms with E-state index in [9.17, 15) is 24.0 Å². The summed E-state index contributed by atoms with van der Waals surface area (Å²) in [7, 11) is 6.61. The number of carbonyl (C=O) groups excluding carboxylic acids is 5. The summed E-state index contributed by atoms with van der Waals surface area (Å²) in [4.78, 5) is 65.3. The number of nitrogens with two attached hydrogens (primary N) is 1. The average molecular weight is 1170 g/mol. The van der Waals surface area contributed by atoms with Crippen LogP contribution in [0.2, 0.25) is 0 Å². The molecule has 87 heavy (non-hydrogen) atoms. The molecule has 2 heterocycles. The molecule has 0 aliphatic carbocycles. The molecule has 0 atom stereocenters. The maximum atomic E-state index is 13.0. The third-order valence-corrected chi connectivity index (χ3v) is 15.8. The maximum absolute atomic E-state index is 13.0. The second kappa shape index (κ2) is 29.0. The standard InChI is InChI=1S/C37H38N2O6.C35H36N2O5/c1-26(40)38-30-17-22-33-34(25-30)36(42)39(35(33)41)23-9-4-5-10-24-45-37(27-11-7-6-8-12-27,28-13-18-31(43-2)19-14-28)29-15-20-32(44-3)21-16-29;1-40-29-17-12-26(13-18-29)35(25-10-6-5-7-11-25,27-14-19-30(41-2)20-15-27)42-23-9-4-3-8-22-37-33(38)31-21-16-28(36)24-32(31)34(37)39/h6-8,11-22,25H,4-5,9-10,23-24H2,1-3H3,(H,38,40);5-7,10-21,24H,3-4,8-9,22-23,36H2,1-2H3. The van der Waals surface area contributed by atoms with E-state index >= 15 is 0 Å². The van der Waals surface area contributed by atoms with E-state index in [-0.39, 0.29) is 29.5 Å². The van der Waals surface area contributed by atoms with Crippen molar-refractivity contribution in [3.63, 3.8) is 0 Å². The van der Waals surface area contributed by atoms with Crippen LogP contribution in [0, 0.1) is 0 Å². The van der Waals surface area contributed by atoms with Crippen LogP contribution in [0.25, 0.3) is 0 Å². The molecular weight excluding hydrogens is 1100 g/mol. The quantitative estimate of drug-likeness (QED) is 0.0215. The van der Waals surface area contributed by atoms with Crippen LogP contribution >= 0.6 is 0 Å². The zero-order valence-corrected chi connectivity index (χ0v) is 49.9. The van der Waals surface area contributed by atoms with Crippen LogP contribution in [0.4, 0.5) is 11.4 Å². The number of rotatable bonds is 27. The number of fused-ring (bicyclic) bond motifs is 2. The van der Waals surface area contributed by atoms with Gasteiger partial charge in [-0.25, -0.2) is 0 Å². The van der Waals surface area contributed by atoms with Gasteiger partial charge in [-0.05, 0) is 144 Å². The van der Waals surface area contributed by atoms with Gasteiger partial charge in [-0.1, -0.05) is 135 Å². The fourth-order valence-corrected chi connectivity index (χ4v) is 11.3. The second-order valence-electron chi connectivity index (χ2n) is 21.3. The Kier molecular flexibility index (Phi) is 20.7. The summed E-state index contributed by atoms with van der Waals surface area (Å²) >= 11 is 0. The molecule has 0 radical (unpaired) electrons. The van der Waals surface area contributed by atoms with Crippen LogP contribution < -0.4 is 30.0 Å². The number of ether oxygens (including phenoxy) is 6. The van der Waals surface area contributed by atoms with Gasteiger partial charge in [-0.2, -0.15) is 0 Å². The third kappa shape index (κ3) is 13.9. The molecular formula is C72H74N4O11. The number of unbranched alkanes of at least 4 members (excludes halogenated alkanes) is 6. The fraction of sp³-hybridized carbons (Fsp3) is 0.264. The Labute approximate surface area is 508 Å². The van der Waals surface area contributed by atoms with Crippen molar-refractivity contribution < 1.29 is 52.4 Å². The smallest absolute Gasteiger partial charge is 0.261 e. The number of hydrogen-bond donors (Lipinski definition) is 2. The monoisotopic (exact) mass is 1170 g/mol. The van der Waals surface area contributed by atoms with E-state index in [2.05, 4.69) is 29.6 Å². The second-order valence-corrected chi connectivity index (χ2v) is 21.3. The van der Waals surface area contributed by atoms with Gasteiger partial charge in [-0.15, -0.1) is 0 Å². The Morgan fingerprint density at radius 2 is 0.713 bits per heavy atom. The minimum Gasteiger partial charge on any atom is -0.497 e. The first-order valence-electron chi connectivity index (χ1n) is 29.4. The van der Waals surface area contributed by atoms with Crippen molar-refractivity contribution in [3.8, 4) is 23.0 Å². The SMILES string of the molecule is COc1ccc(C(OCCCCCCN2C(=O)c3ccc(N)cc3C2=O)(c2ccccc2)c2ccc(OC)cc2)cc1.COc1ccc(C(OCCCCCCN2C(=O)c3ccc(NC(C)=O)cc3C2=O)(c2ccccc2)c2ccc(OC)cc2)cc1. The van der Waals surface area contributed by atoms with Gasteiger partial charge in [0.25, 0.3) is 23.6 Å². The number of methoxy groups -OCH3 is 4. The van der Waals surface area contributed by atoms with Crippen LogP contribution in [-0.2, 0) is 25.5 Å². The number of nitrogens with zero attached hydrogens (tertiary/aromatic N) is 2. The lowest BCUT2D eigenvalue weighted by Crippen LogP contribution is -2.33. The molecule has 0 saturated heterocycles. The Balaban J connectivity index is 0.000000208. The van der Waals surface area contributed by atoms with Crippen molar-refractivity contribution in [1.82, 2.24) is 9.80 Å². The Hall–Kier alpha value is -9.57. The van der Waals surface area contributed by atoms with Crippen molar-refractivity contribution >= 4 is 40.9 Å². The molecule has 10 rings (SSSR count). The number of hydrogen-bond acceptors (Lipinski definition) is 12. The lowest BCUT2D eigenvalue weighted by molar-refractivity contribution is -0.114. The van der Waals surface area contributed by atoms with Gasteiger partial charge in [0.05, 0.1) is 50.7 Å². The zero-order valence-electron chi connectivity index (χ0n) is 49.9. The predicted molar refractivity (Wildman–Crippen MR) is 336 cm³/mol. The molecule has 0 aromatic heterocycles. The van der Waals surface area contributed by atoms with E-state index in [1.165, 1.54) is 16.7 Å².